The van der Waals surface area contributed by atoms with Crippen LogP contribution >= 0.6 is 0 Å². The Balaban J connectivity index is 2.54. The zero-order valence-electron chi connectivity index (χ0n) is 6.41. The van der Waals surface area contributed by atoms with E-state index < -0.39 is 17.5 Å². The molecule has 1 atom stereocenters. The van der Waals surface area contributed by atoms with Crippen LogP contribution in [0, 0.1) is 5.41 Å². The molecule has 0 amide bonds. The van der Waals surface area contributed by atoms with Crippen molar-refractivity contribution in [3.05, 3.63) is 0 Å². The fourth-order valence-electron chi connectivity index (χ4n) is 1.24. The highest BCUT2D eigenvalue weighted by molar-refractivity contribution is 5.75. The second-order valence-corrected chi connectivity index (χ2v) is 3.13. The molecule has 0 bridgehead atoms. The van der Waals surface area contributed by atoms with Crippen molar-refractivity contribution >= 4 is 5.97 Å². The largest absolute Gasteiger partial charge is 0.481 e. The predicted octanol–water partition coefficient (Wildman–Crippen LogP) is -0.141. The predicted molar refractivity (Wildman–Crippen MR) is 37.2 cm³/mol. The fourth-order valence-corrected chi connectivity index (χ4v) is 1.24. The Bertz CT molecular complexity index is 160. The van der Waals surface area contributed by atoms with Crippen LogP contribution < -0.4 is 0 Å². The Hall–Kier alpha value is -0.610. The number of ether oxygens (including phenoxy) is 1. The van der Waals surface area contributed by atoms with Crippen molar-refractivity contribution in [2.75, 3.05) is 13.2 Å². The van der Waals surface area contributed by atoms with Gasteiger partial charge in [-0.25, -0.2) is 0 Å². The molecule has 64 valence electrons. The zero-order valence-corrected chi connectivity index (χ0v) is 6.41. The molecule has 0 saturated carbocycles. The topological polar surface area (TPSA) is 66.8 Å². The highest BCUT2D eigenvalue weighted by Gasteiger charge is 2.46. The Morgan fingerprint density at radius 3 is 2.36 bits per heavy atom. The molecule has 11 heavy (non-hydrogen) atoms. The maximum Gasteiger partial charge on any atom is 0.314 e. The third-order valence-corrected chi connectivity index (χ3v) is 1.90. The Morgan fingerprint density at radius 2 is 2.27 bits per heavy atom. The lowest BCUT2D eigenvalue weighted by atomic mass is 9.81. The first-order chi connectivity index (χ1) is 5.07. The van der Waals surface area contributed by atoms with Crippen molar-refractivity contribution in [2.45, 2.75) is 19.4 Å². The number of aliphatic hydroxyl groups is 1. The van der Waals surface area contributed by atoms with Gasteiger partial charge in [0.2, 0.25) is 0 Å². The van der Waals surface area contributed by atoms with Gasteiger partial charge < -0.3 is 14.9 Å². The Labute approximate surface area is 64.8 Å². The second-order valence-electron chi connectivity index (χ2n) is 3.13. The van der Waals surface area contributed by atoms with Gasteiger partial charge in [0.1, 0.15) is 5.41 Å². The maximum atomic E-state index is 10.6. The van der Waals surface area contributed by atoms with E-state index in [1.54, 1.807) is 6.92 Å². The van der Waals surface area contributed by atoms with Gasteiger partial charge in [0.25, 0.3) is 0 Å². The summed E-state index contributed by atoms with van der Waals surface area (Å²) in [5, 5.41) is 17.7. The highest BCUT2D eigenvalue weighted by Crippen LogP contribution is 2.32. The van der Waals surface area contributed by atoms with Crippen LogP contribution in [0.25, 0.3) is 0 Å². The minimum atomic E-state index is -0.871. The minimum Gasteiger partial charge on any atom is -0.481 e. The lowest BCUT2D eigenvalue weighted by Crippen LogP contribution is -2.50. The fraction of sp³-hybridized carbons (Fsp3) is 0.857. The summed E-state index contributed by atoms with van der Waals surface area (Å²) in [5.41, 5.74) is -0.811. The van der Waals surface area contributed by atoms with Crippen molar-refractivity contribution < 1.29 is 19.7 Å². The number of rotatable bonds is 3. The summed E-state index contributed by atoms with van der Waals surface area (Å²) in [6.07, 6.45) is -0.294. The lowest BCUT2D eigenvalue weighted by Gasteiger charge is -2.38. The molecule has 0 aromatic carbocycles. The van der Waals surface area contributed by atoms with E-state index >= 15 is 0 Å². The molecule has 1 rings (SSSR count). The third-order valence-electron chi connectivity index (χ3n) is 1.90. The average molecular weight is 160 g/mol. The monoisotopic (exact) mass is 160 g/mol. The van der Waals surface area contributed by atoms with Gasteiger partial charge in [0.05, 0.1) is 19.3 Å². The molecule has 0 spiro atoms. The smallest absolute Gasteiger partial charge is 0.314 e. The number of aliphatic carboxylic acids is 1. The quantitative estimate of drug-likeness (QED) is 0.603. The number of carboxylic acids is 1. The number of hydrogen-bond donors (Lipinski definition) is 2. The maximum absolute atomic E-state index is 10.6. The van der Waals surface area contributed by atoms with E-state index in [4.69, 9.17) is 14.9 Å². The summed E-state index contributed by atoms with van der Waals surface area (Å²) in [7, 11) is 0. The van der Waals surface area contributed by atoms with E-state index in [0.717, 1.165) is 0 Å². The summed E-state index contributed by atoms with van der Waals surface area (Å²) in [4.78, 5) is 10.6. The molecule has 4 nitrogen and oxygen atoms in total. The van der Waals surface area contributed by atoms with Crippen molar-refractivity contribution in [3.63, 3.8) is 0 Å². The molecule has 1 heterocycles. The molecule has 0 aliphatic carbocycles. The molecule has 1 unspecified atom stereocenters. The Morgan fingerprint density at radius 1 is 1.73 bits per heavy atom. The normalized spacial score (nSPS) is 23.8. The van der Waals surface area contributed by atoms with Crippen molar-refractivity contribution in [2.24, 2.45) is 5.41 Å². The SMILES string of the molecule is CC(O)CC1(C(=O)O)COC1. The minimum absolute atomic E-state index is 0.229. The summed E-state index contributed by atoms with van der Waals surface area (Å²) in [5.74, 6) is -0.871. The molecule has 2 N–H and O–H groups in total. The molecule has 0 aromatic rings. The third kappa shape index (κ3) is 1.52. The van der Waals surface area contributed by atoms with Crippen LogP contribution in [0.15, 0.2) is 0 Å². The number of hydrogen-bond acceptors (Lipinski definition) is 3. The van der Waals surface area contributed by atoms with Crippen molar-refractivity contribution in [3.8, 4) is 0 Å². The molecule has 1 saturated heterocycles. The van der Waals surface area contributed by atoms with Crippen molar-refractivity contribution in [1.29, 1.82) is 0 Å². The van der Waals surface area contributed by atoms with E-state index in [9.17, 15) is 4.79 Å². The van der Waals surface area contributed by atoms with Crippen LogP contribution in [0.5, 0.6) is 0 Å². The van der Waals surface area contributed by atoms with Gasteiger partial charge in [-0.1, -0.05) is 0 Å². The van der Waals surface area contributed by atoms with Crippen LogP contribution in [0.2, 0.25) is 0 Å². The first kappa shape index (κ1) is 8.49. The average Bonchev–Trinajstić information content (AvgIpc) is 1.77. The van der Waals surface area contributed by atoms with E-state index in [1.807, 2.05) is 0 Å². The van der Waals surface area contributed by atoms with Crippen LogP contribution in [0.3, 0.4) is 0 Å². The summed E-state index contributed by atoms with van der Waals surface area (Å²) in [6.45, 7) is 2.05. The number of aliphatic hydroxyl groups excluding tert-OH is 1. The molecule has 1 aliphatic heterocycles. The van der Waals surface area contributed by atoms with Gasteiger partial charge in [-0.15, -0.1) is 0 Å². The number of carboxylic acid groups (broad SMARTS) is 1. The molecule has 0 radical (unpaired) electrons. The van der Waals surface area contributed by atoms with Gasteiger partial charge in [-0.05, 0) is 13.3 Å². The molecular weight excluding hydrogens is 148 g/mol. The van der Waals surface area contributed by atoms with E-state index in [0.29, 0.717) is 0 Å². The lowest BCUT2D eigenvalue weighted by molar-refractivity contribution is -0.185. The van der Waals surface area contributed by atoms with E-state index in [1.165, 1.54) is 0 Å². The van der Waals surface area contributed by atoms with Gasteiger partial charge >= 0.3 is 5.97 Å². The molecule has 1 aliphatic rings. The molecule has 0 aromatic heterocycles. The van der Waals surface area contributed by atoms with Crippen LogP contribution in [-0.4, -0.2) is 35.5 Å². The Kier molecular flexibility index (Phi) is 2.15. The van der Waals surface area contributed by atoms with Crippen LogP contribution in [-0.2, 0) is 9.53 Å². The second kappa shape index (κ2) is 2.79. The van der Waals surface area contributed by atoms with E-state index in [-0.39, 0.29) is 19.6 Å². The summed E-state index contributed by atoms with van der Waals surface area (Å²) >= 11 is 0. The van der Waals surface area contributed by atoms with Crippen LogP contribution in [0.1, 0.15) is 13.3 Å². The summed E-state index contributed by atoms with van der Waals surface area (Å²) in [6, 6.07) is 0. The van der Waals surface area contributed by atoms with E-state index in [2.05, 4.69) is 0 Å². The standard InChI is InChI=1S/C7H12O4/c1-5(8)2-7(6(9)10)3-11-4-7/h5,8H,2-4H2,1H3,(H,9,10). The van der Waals surface area contributed by atoms with Gasteiger partial charge in [0, 0.05) is 0 Å². The first-order valence-electron chi connectivity index (χ1n) is 3.56. The van der Waals surface area contributed by atoms with Gasteiger partial charge in [0.15, 0.2) is 0 Å². The zero-order chi connectivity index (χ0) is 8.48. The van der Waals surface area contributed by atoms with Crippen LogP contribution in [0.4, 0.5) is 0 Å². The highest BCUT2D eigenvalue weighted by atomic mass is 16.5. The van der Waals surface area contributed by atoms with Crippen molar-refractivity contribution in [1.82, 2.24) is 0 Å². The summed E-state index contributed by atoms with van der Waals surface area (Å²) < 4.78 is 4.81. The number of carbonyl (C=O) groups is 1. The molecule has 4 heteroatoms. The molecular formula is C7H12O4. The van der Waals surface area contributed by atoms with Gasteiger partial charge in [-0.3, -0.25) is 4.79 Å². The first-order valence-corrected chi connectivity index (χ1v) is 3.56. The van der Waals surface area contributed by atoms with Gasteiger partial charge in [-0.2, -0.15) is 0 Å². The molecule has 1 fully saturated rings.